The minimum Gasteiger partial charge on any atom is -0.478 e. The molecular weight excluding hydrogens is 743 g/mol. The van der Waals surface area contributed by atoms with E-state index in [0.29, 0.717) is 22.8 Å². The number of carbonyl (C=O) groups excluding carboxylic acids is 2. The number of hydrogen-bond donors (Lipinski definition) is 3. The van der Waals surface area contributed by atoms with Crippen LogP contribution in [-0.4, -0.2) is 75.8 Å². The maximum atomic E-state index is 14.3. The number of aryl methyl sites for hydroxylation is 1. The molecule has 50 heavy (non-hydrogen) atoms. The second-order valence-electron chi connectivity index (χ2n) is 9.87. The van der Waals surface area contributed by atoms with Crippen molar-refractivity contribution in [1.29, 1.82) is 0 Å². The van der Waals surface area contributed by atoms with Crippen molar-refractivity contribution in [2.45, 2.75) is 42.6 Å². The molecule has 4 aromatic rings. The Morgan fingerprint density at radius 1 is 1.12 bits per heavy atom. The maximum Gasteiger partial charge on any atom is 0.337 e. The average Bonchev–Trinajstić information content (AvgIpc) is 3.39. The van der Waals surface area contributed by atoms with Gasteiger partial charge in [0.05, 0.1) is 30.6 Å². The number of fused-ring (bicyclic) bond motifs is 1. The lowest BCUT2D eigenvalue weighted by molar-refractivity contribution is -0.137. The standard InChI is InChI=1S/C15H15ClFN3O3S2.C13H13N5O6S/c1-23-13(21)8-24-12-7-11(10(17)6-9(12)16)18-14-19-4-2-3-5-20(19)15(22)25-14;1-7-14-11(17-13(15-7)24-2)16-12(21)18-25(22,23)9-6-4-3-5-8(9)10(19)20/h6-7H,2-5,8H2,1H3;3-6H,1-2H3,(H,19,20)(H2,14,15,16,17,18,21). The van der Waals surface area contributed by atoms with Gasteiger partial charge in [-0.05, 0) is 55.4 Å². The first-order valence-electron chi connectivity index (χ1n) is 14.2. The fourth-order valence-electron chi connectivity index (χ4n) is 4.22. The van der Waals surface area contributed by atoms with E-state index in [1.165, 1.54) is 39.3 Å². The lowest BCUT2D eigenvalue weighted by Gasteiger charge is -2.15. The molecule has 2 aromatic heterocycles. The summed E-state index contributed by atoms with van der Waals surface area (Å²) in [5.74, 6) is -2.36. The number of carboxylic acid groups (broad SMARTS) is 1. The van der Waals surface area contributed by atoms with Crippen LogP contribution in [0.15, 0.2) is 56.0 Å². The maximum absolute atomic E-state index is 14.3. The number of nitrogens with one attached hydrogen (secondary N) is 2. The largest absolute Gasteiger partial charge is 0.478 e. The van der Waals surface area contributed by atoms with Crippen molar-refractivity contribution in [3.05, 3.63) is 73.1 Å². The average molecular weight is 771 g/mol. The number of urea groups is 1. The van der Waals surface area contributed by atoms with Crippen LogP contribution in [0.4, 0.5) is 20.8 Å². The molecule has 0 spiro atoms. The van der Waals surface area contributed by atoms with Crippen molar-refractivity contribution in [2.24, 2.45) is 4.99 Å². The molecule has 0 bridgehead atoms. The number of rotatable bonds is 9. The van der Waals surface area contributed by atoms with Crippen LogP contribution in [0.2, 0.25) is 5.02 Å². The topological polar surface area (TPSA) is 226 Å². The van der Waals surface area contributed by atoms with Crippen LogP contribution in [0, 0.1) is 12.7 Å². The molecule has 0 aliphatic carbocycles. The lowest BCUT2D eigenvalue weighted by Crippen LogP contribution is -2.35. The van der Waals surface area contributed by atoms with Gasteiger partial charge in [-0.1, -0.05) is 23.7 Å². The van der Waals surface area contributed by atoms with E-state index in [0.717, 1.165) is 54.1 Å². The van der Waals surface area contributed by atoms with Gasteiger partial charge in [-0.2, -0.15) is 15.0 Å². The van der Waals surface area contributed by atoms with Crippen molar-refractivity contribution in [3.63, 3.8) is 0 Å². The van der Waals surface area contributed by atoms with Crippen molar-refractivity contribution >= 4 is 74.3 Å². The Morgan fingerprint density at radius 3 is 2.50 bits per heavy atom. The normalized spacial score (nSPS) is 12.6. The third-order valence-corrected chi connectivity index (χ3v) is 10.2. The van der Waals surface area contributed by atoms with E-state index in [9.17, 15) is 32.0 Å². The highest BCUT2D eigenvalue weighted by Crippen LogP contribution is 2.33. The van der Waals surface area contributed by atoms with Crippen LogP contribution in [-0.2, 0) is 32.6 Å². The number of amides is 2. The van der Waals surface area contributed by atoms with E-state index in [2.05, 4.69) is 30.0 Å². The highest BCUT2D eigenvalue weighted by Gasteiger charge is 2.24. The number of aromatic nitrogens is 5. The quantitative estimate of drug-likeness (QED) is 0.164. The predicted molar refractivity (Wildman–Crippen MR) is 179 cm³/mol. The Hall–Kier alpha value is -4.86. The van der Waals surface area contributed by atoms with Gasteiger partial charge in [0.25, 0.3) is 10.0 Å². The number of anilines is 1. The van der Waals surface area contributed by atoms with E-state index in [4.69, 9.17) is 21.4 Å². The molecule has 266 valence electrons. The zero-order valence-corrected chi connectivity index (χ0v) is 29.6. The summed E-state index contributed by atoms with van der Waals surface area (Å²) in [4.78, 5) is 62.3. The Balaban J connectivity index is 0.000000225. The van der Waals surface area contributed by atoms with E-state index in [-0.39, 0.29) is 39.1 Å². The summed E-state index contributed by atoms with van der Waals surface area (Å²) >= 11 is 8.17. The highest BCUT2D eigenvalue weighted by atomic mass is 35.5. The van der Waals surface area contributed by atoms with E-state index in [1.807, 2.05) is 0 Å². The van der Waals surface area contributed by atoms with Gasteiger partial charge in [-0.3, -0.25) is 19.6 Å². The molecule has 3 N–H and O–H groups in total. The number of halogens is 2. The Kier molecular flexibility index (Phi) is 12.7. The summed E-state index contributed by atoms with van der Waals surface area (Å²) in [5, 5.41) is 11.4. The zero-order chi connectivity index (χ0) is 36.6. The molecule has 0 saturated heterocycles. The number of esters is 1. The summed E-state index contributed by atoms with van der Waals surface area (Å²) < 4.78 is 53.2. The van der Waals surface area contributed by atoms with Crippen LogP contribution in [0.3, 0.4) is 0 Å². The molecule has 2 aromatic carbocycles. The number of carboxylic acids is 1. The summed E-state index contributed by atoms with van der Waals surface area (Å²) in [6, 6.07) is 6.27. The number of thioether (sulfide) groups is 1. The molecular formula is C28H28ClFN8O9S3. The molecule has 0 radical (unpaired) electrons. The number of sulfonamides is 1. The number of aromatic carboxylic acids is 1. The molecule has 5 rings (SSSR count). The van der Waals surface area contributed by atoms with Gasteiger partial charge in [0.1, 0.15) is 22.2 Å². The zero-order valence-electron chi connectivity index (χ0n) is 26.4. The SMILES string of the molecule is COC(=O)CSc1cc(N=c2sc(=O)n3n2CCCC3)c(F)cc1Cl.COc1nc(C)nc(NC(=O)NS(=O)(=O)c2ccccc2C(=O)O)n1. The van der Waals surface area contributed by atoms with Crippen LogP contribution in [0.5, 0.6) is 6.01 Å². The third-order valence-electron chi connectivity index (χ3n) is 6.45. The van der Waals surface area contributed by atoms with Gasteiger partial charge in [-0.25, -0.2) is 36.8 Å². The summed E-state index contributed by atoms with van der Waals surface area (Å²) in [5.41, 5.74) is -0.389. The van der Waals surface area contributed by atoms with E-state index >= 15 is 0 Å². The van der Waals surface area contributed by atoms with Gasteiger partial charge < -0.3 is 14.6 Å². The smallest absolute Gasteiger partial charge is 0.337 e. The van der Waals surface area contributed by atoms with Crippen molar-refractivity contribution in [2.75, 3.05) is 25.3 Å². The number of hydrogen-bond acceptors (Lipinski definition) is 14. The first-order valence-corrected chi connectivity index (χ1v) is 17.9. The van der Waals surface area contributed by atoms with Crippen LogP contribution >= 0.6 is 34.7 Å². The van der Waals surface area contributed by atoms with Gasteiger partial charge in [0.15, 0.2) is 0 Å². The van der Waals surface area contributed by atoms with Crippen LogP contribution in [0.1, 0.15) is 29.0 Å². The first kappa shape index (κ1) is 38.0. The number of nitrogens with zero attached hydrogens (tertiary/aromatic N) is 6. The number of methoxy groups -OCH3 is 2. The molecule has 0 atom stereocenters. The summed E-state index contributed by atoms with van der Waals surface area (Å²) in [6.07, 6.45) is 1.90. The Labute approximate surface area is 296 Å². The lowest BCUT2D eigenvalue weighted by atomic mass is 10.2. The Bertz CT molecular complexity index is 2170. The fourth-order valence-corrected chi connectivity index (χ4v) is 7.31. The third kappa shape index (κ3) is 9.64. The summed E-state index contributed by atoms with van der Waals surface area (Å²) in [6.45, 7) is 2.85. The Morgan fingerprint density at radius 2 is 1.82 bits per heavy atom. The molecule has 22 heteroatoms. The monoisotopic (exact) mass is 770 g/mol. The fraction of sp³-hybridized carbons (Fsp3) is 0.286. The van der Waals surface area contributed by atoms with Gasteiger partial charge in [-0.15, -0.1) is 11.8 Å². The molecule has 0 unspecified atom stereocenters. The van der Waals surface area contributed by atoms with E-state index < -0.39 is 44.3 Å². The minimum absolute atomic E-state index is 0.0605. The molecule has 1 aliphatic rings. The van der Waals surface area contributed by atoms with Crippen LogP contribution in [0.25, 0.3) is 0 Å². The van der Waals surface area contributed by atoms with Gasteiger partial charge in [0, 0.05) is 18.0 Å². The van der Waals surface area contributed by atoms with Gasteiger partial charge >= 0.3 is 28.9 Å². The van der Waals surface area contributed by atoms with Crippen LogP contribution < -0.4 is 24.5 Å². The van der Waals surface area contributed by atoms with E-state index in [1.54, 1.807) is 14.1 Å². The molecule has 0 saturated carbocycles. The summed E-state index contributed by atoms with van der Waals surface area (Å²) in [7, 11) is -1.82. The number of ether oxygens (including phenoxy) is 2. The second-order valence-corrected chi connectivity index (χ2v) is 13.9. The van der Waals surface area contributed by atoms with Crippen molar-refractivity contribution in [3.8, 4) is 6.01 Å². The van der Waals surface area contributed by atoms with Gasteiger partial charge in [0.2, 0.25) is 10.7 Å². The minimum atomic E-state index is -4.43. The van der Waals surface area contributed by atoms with Crippen molar-refractivity contribution < 1.29 is 41.8 Å². The molecule has 1 aliphatic heterocycles. The number of carbonyl (C=O) groups is 3. The number of benzene rings is 2. The molecule has 2 amide bonds. The van der Waals surface area contributed by atoms with Crippen molar-refractivity contribution in [1.82, 2.24) is 29.0 Å². The second kappa shape index (κ2) is 16.7. The predicted octanol–water partition coefficient (Wildman–Crippen LogP) is 3.19. The molecule has 0 fully saturated rings. The first-order chi connectivity index (χ1) is 23.7. The highest BCUT2D eigenvalue weighted by molar-refractivity contribution is 8.00. The molecule has 17 nitrogen and oxygen atoms in total. The molecule has 3 heterocycles.